The Balaban J connectivity index is 0.00000353. The summed E-state index contributed by atoms with van der Waals surface area (Å²) in [4.78, 5) is 26.9. The quantitative estimate of drug-likeness (QED) is 0.497. The largest absolute Gasteiger partial charge is 0.311 e. The van der Waals surface area contributed by atoms with Gasteiger partial charge in [-0.05, 0) is 38.5 Å². The zero-order valence-electron chi connectivity index (χ0n) is 23.0. The summed E-state index contributed by atoms with van der Waals surface area (Å²) in [5, 5.41) is 8.05. The minimum absolute atomic E-state index is 0. The van der Waals surface area contributed by atoms with Crippen LogP contribution in [0.3, 0.4) is 0 Å². The van der Waals surface area contributed by atoms with Crippen molar-refractivity contribution in [3.05, 3.63) is 70.6 Å². The summed E-state index contributed by atoms with van der Waals surface area (Å²) in [6.45, 7) is 13.1. The molecular formula is C28H36ClF2N7O. The Kier molecular flexibility index (Phi) is 8.39. The van der Waals surface area contributed by atoms with Crippen molar-refractivity contribution in [3.63, 3.8) is 0 Å². The lowest BCUT2D eigenvalue weighted by molar-refractivity contribution is -0.120. The van der Waals surface area contributed by atoms with Crippen molar-refractivity contribution in [3.8, 4) is 0 Å². The number of amides is 1. The zero-order valence-corrected chi connectivity index (χ0v) is 23.9. The van der Waals surface area contributed by atoms with Crippen molar-refractivity contribution in [2.24, 2.45) is 0 Å². The summed E-state index contributed by atoms with van der Waals surface area (Å²) in [5.41, 5.74) is 2.55. The number of nitrogens with zero attached hydrogens (tertiary/aromatic N) is 6. The van der Waals surface area contributed by atoms with E-state index in [1.54, 1.807) is 6.20 Å². The Hall–Kier alpha value is -2.95. The third-order valence-electron chi connectivity index (χ3n) is 7.61. The number of rotatable bonds is 6. The Morgan fingerprint density at radius 3 is 2.67 bits per heavy atom. The topological polar surface area (TPSA) is 79.2 Å². The number of anilines is 1. The van der Waals surface area contributed by atoms with Crippen LogP contribution in [0.15, 0.2) is 30.5 Å². The van der Waals surface area contributed by atoms with Gasteiger partial charge in [-0.2, -0.15) is 5.10 Å². The van der Waals surface area contributed by atoms with Crippen LogP contribution in [0.1, 0.15) is 49.2 Å². The summed E-state index contributed by atoms with van der Waals surface area (Å²) in [6, 6.07) is 5.81. The fraction of sp³-hybridized carbons (Fsp3) is 0.500. The molecule has 0 unspecified atom stereocenters. The molecule has 0 saturated carbocycles. The van der Waals surface area contributed by atoms with Gasteiger partial charge in [0, 0.05) is 67.1 Å². The first-order valence-corrected chi connectivity index (χ1v) is 13.1. The van der Waals surface area contributed by atoms with Gasteiger partial charge in [0.25, 0.3) is 0 Å². The maximum atomic E-state index is 14.3. The first-order valence-electron chi connectivity index (χ1n) is 13.1. The van der Waals surface area contributed by atoms with Gasteiger partial charge in [-0.3, -0.25) is 14.7 Å². The van der Waals surface area contributed by atoms with Crippen LogP contribution in [0.5, 0.6) is 0 Å². The van der Waals surface area contributed by atoms with Gasteiger partial charge in [-0.1, -0.05) is 19.9 Å². The first kappa shape index (κ1) is 29.0. The number of halogens is 3. The second kappa shape index (κ2) is 11.3. The van der Waals surface area contributed by atoms with Gasteiger partial charge in [-0.25, -0.2) is 18.4 Å². The standard InChI is InChI=1S/C28H35F2N7O.ClH/c1-17-13-35(23(11-31-17)14-37-19(3)33-18(2)34-37)15-27(38)36-16-28(4,5)24-12-32-22(10-26(24)36)8-20-6-7-21(29)9-25(20)30;/h6-7,9-10,12,17,23,31H,8,11,13-16H2,1-5H3;1H/t17-,23-;/m1./s1. The highest BCUT2D eigenvalue weighted by molar-refractivity contribution is 5.97. The molecule has 1 amide bonds. The number of hydrogen-bond acceptors (Lipinski definition) is 6. The number of carbonyl (C=O) groups excluding carboxylic acids is 1. The lowest BCUT2D eigenvalue weighted by Crippen LogP contribution is -2.59. The van der Waals surface area contributed by atoms with Gasteiger partial charge >= 0.3 is 0 Å². The molecule has 2 atom stereocenters. The second-order valence-corrected chi connectivity index (χ2v) is 11.2. The molecule has 2 aliphatic rings. The number of aromatic nitrogens is 4. The summed E-state index contributed by atoms with van der Waals surface area (Å²) in [6.07, 6.45) is 2.01. The Morgan fingerprint density at radius 2 is 1.97 bits per heavy atom. The van der Waals surface area contributed by atoms with E-state index in [9.17, 15) is 13.6 Å². The average Bonchev–Trinajstić information content (AvgIpc) is 3.31. The monoisotopic (exact) mass is 559 g/mol. The van der Waals surface area contributed by atoms with Crippen molar-refractivity contribution in [2.75, 3.05) is 31.1 Å². The number of pyridine rings is 1. The number of fused-ring (bicyclic) bond motifs is 1. The molecule has 4 heterocycles. The maximum Gasteiger partial charge on any atom is 0.241 e. The van der Waals surface area contributed by atoms with Crippen molar-refractivity contribution >= 4 is 24.0 Å². The number of aryl methyl sites for hydroxylation is 2. The molecule has 1 saturated heterocycles. The third-order valence-corrected chi connectivity index (χ3v) is 7.61. The zero-order chi connectivity index (χ0) is 27.2. The molecule has 3 aromatic rings. The van der Waals surface area contributed by atoms with Gasteiger partial charge < -0.3 is 10.2 Å². The van der Waals surface area contributed by atoms with Gasteiger partial charge in [0.2, 0.25) is 5.91 Å². The minimum atomic E-state index is -0.610. The lowest BCUT2D eigenvalue weighted by atomic mass is 9.88. The van der Waals surface area contributed by atoms with Crippen molar-refractivity contribution in [1.29, 1.82) is 0 Å². The van der Waals surface area contributed by atoms with E-state index < -0.39 is 11.6 Å². The number of piperazine rings is 1. The molecule has 0 radical (unpaired) electrons. The van der Waals surface area contributed by atoms with E-state index in [4.69, 9.17) is 0 Å². The van der Waals surface area contributed by atoms with E-state index in [1.165, 1.54) is 12.1 Å². The second-order valence-electron chi connectivity index (χ2n) is 11.2. The third kappa shape index (κ3) is 6.13. The van der Waals surface area contributed by atoms with Crippen molar-refractivity contribution < 1.29 is 13.6 Å². The highest BCUT2D eigenvalue weighted by Gasteiger charge is 2.40. The first-order chi connectivity index (χ1) is 18.0. The van der Waals surface area contributed by atoms with Crippen LogP contribution in [-0.2, 0) is 23.2 Å². The number of carbonyl (C=O) groups is 1. The van der Waals surface area contributed by atoms with Crippen LogP contribution >= 0.6 is 12.4 Å². The molecule has 0 bridgehead atoms. The van der Waals surface area contributed by atoms with Gasteiger partial charge in [0.1, 0.15) is 23.3 Å². The highest BCUT2D eigenvalue weighted by Crippen LogP contribution is 2.40. The summed E-state index contributed by atoms with van der Waals surface area (Å²) in [7, 11) is 0. The van der Waals surface area contributed by atoms with Gasteiger partial charge in [0.05, 0.1) is 18.8 Å². The molecule has 1 N–H and O–H groups in total. The van der Waals surface area contributed by atoms with Crippen molar-refractivity contribution in [2.45, 2.75) is 65.1 Å². The average molecular weight is 560 g/mol. The van der Waals surface area contributed by atoms with Crippen molar-refractivity contribution in [1.82, 2.24) is 30.0 Å². The van der Waals surface area contributed by atoms with Crippen LogP contribution < -0.4 is 10.2 Å². The highest BCUT2D eigenvalue weighted by atomic mass is 35.5. The van der Waals surface area contributed by atoms with E-state index >= 15 is 0 Å². The molecule has 11 heteroatoms. The Labute approximate surface area is 234 Å². The van der Waals surface area contributed by atoms with Crippen LogP contribution in [0, 0.1) is 25.5 Å². The van der Waals surface area contributed by atoms with E-state index in [-0.39, 0.29) is 48.8 Å². The van der Waals surface area contributed by atoms with Crippen LogP contribution in [0.2, 0.25) is 0 Å². The fourth-order valence-electron chi connectivity index (χ4n) is 5.57. The molecule has 2 aromatic heterocycles. The molecule has 8 nitrogen and oxygen atoms in total. The Bertz CT molecular complexity index is 1360. The van der Waals surface area contributed by atoms with E-state index in [0.717, 1.165) is 42.1 Å². The van der Waals surface area contributed by atoms with Gasteiger partial charge in [-0.15, -0.1) is 12.4 Å². The predicted octanol–water partition coefficient (Wildman–Crippen LogP) is 3.57. The molecule has 0 spiro atoms. The molecular weight excluding hydrogens is 524 g/mol. The molecule has 0 aliphatic carbocycles. The van der Waals surface area contributed by atoms with Gasteiger partial charge in [0.15, 0.2) is 0 Å². The minimum Gasteiger partial charge on any atom is -0.311 e. The molecule has 1 fully saturated rings. The van der Waals surface area contributed by atoms with E-state index in [2.05, 4.69) is 46.1 Å². The summed E-state index contributed by atoms with van der Waals surface area (Å²) < 4.78 is 29.6. The number of benzene rings is 1. The van der Waals surface area contributed by atoms with E-state index in [1.807, 2.05) is 29.5 Å². The summed E-state index contributed by atoms with van der Waals surface area (Å²) >= 11 is 0. The SMILES string of the molecule is Cc1nc(C)n(C[C@H]2CN[C@H](C)CN2CC(=O)N2CC(C)(C)c3cnc(Cc4ccc(F)cc4F)cc32)n1.Cl. The maximum absolute atomic E-state index is 14.3. The van der Waals surface area contributed by atoms with Crippen LogP contribution in [0.4, 0.5) is 14.5 Å². The molecule has 210 valence electrons. The van der Waals surface area contributed by atoms with Crippen LogP contribution in [-0.4, -0.2) is 68.8 Å². The van der Waals surface area contributed by atoms with E-state index in [0.29, 0.717) is 24.3 Å². The summed E-state index contributed by atoms with van der Waals surface area (Å²) in [5.74, 6) is 0.412. The van der Waals surface area contributed by atoms with Crippen LogP contribution in [0.25, 0.3) is 0 Å². The predicted molar refractivity (Wildman–Crippen MR) is 148 cm³/mol. The number of nitrogens with one attached hydrogen (secondary N) is 1. The smallest absolute Gasteiger partial charge is 0.241 e. The normalized spacial score (nSPS) is 20.5. The Morgan fingerprint density at radius 1 is 1.21 bits per heavy atom. The molecule has 39 heavy (non-hydrogen) atoms. The molecule has 5 rings (SSSR count). The molecule has 2 aliphatic heterocycles. The number of hydrogen-bond donors (Lipinski definition) is 1. The fourth-order valence-corrected chi connectivity index (χ4v) is 5.57. The lowest BCUT2D eigenvalue weighted by Gasteiger charge is -2.39. The molecule has 1 aromatic carbocycles.